The van der Waals surface area contributed by atoms with Crippen LogP contribution >= 0.6 is 23.2 Å². The Hall–Kier alpha value is -2.38. The van der Waals surface area contributed by atoms with Crippen molar-refractivity contribution in [2.24, 2.45) is 5.73 Å². The molecular formula is C17H9Cl2F3N3O. The lowest BCUT2D eigenvalue weighted by atomic mass is 9.94. The molecule has 0 saturated heterocycles. The second kappa shape index (κ2) is 6.74. The topological polar surface area (TPSA) is 68.9 Å². The Morgan fingerprint density at radius 3 is 2.46 bits per heavy atom. The molecule has 1 aromatic carbocycles. The van der Waals surface area contributed by atoms with Gasteiger partial charge in [-0.05, 0) is 18.2 Å². The average Bonchev–Trinajstić information content (AvgIpc) is 2.54. The molecule has 0 aliphatic rings. The number of hydrogen-bond donors (Lipinski definition) is 1. The van der Waals surface area contributed by atoms with Gasteiger partial charge in [0.25, 0.3) is 0 Å². The third-order valence-electron chi connectivity index (χ3n) is 3.56. The van der Waals surface area contributed by atoms with Crippen LogP contribution in [0.15, 0.2) is 36.5 Å². The summed E-state index contributed by atoms with van der Waals surface area (Å²) < 4.78 is 39.4. The highest BCUT2D eigenvalue weighted by molar-refractivity contribution is 6.35. The van der Waals surface area contributed by atoms with E-state index in [4.69, 9.17) is 28.9 Å². The molecule has 1 radical (unpaired) electrons. The number of halogens is 5. The zero-order chi connectivity index (χ0) is 19.1. The van der Waals surface area contributed by atoms with Crippen LogP contribution in [0.5, 0.6) is 0 Å². The molecule has 133 valence electrons. The number of hydrogen-bond acceptors (Lipinski definition) is 3. The average molecular weight is 399 g/mol. The monoisotopic (exact) mass is 398 g/mol. The van der Waals surface area contributed by atoms with Crippen molar-refractivity contribution in [3.63, 3.8) is 0 Å². The molecule has 1 amide bonds. The Kier molecular flexibility index (Phi) is 4.77. The summed E-state index contributed by atoms with van der Waals surface area (Å²) in [6.07, 6.45) is -3.46. The van der Waals surface area contributed by atoms with Gasteiger partial charge in [0, 0.05) is 22.7 Å². The number of amides is 1. The Morgan fingerprint density at radius 1 is 1.15 bits per heavy atom. The van der Waals surface area contributed by atoms with Crippen molar-refractivity contribution in [2.45, 2.75) is 6.18 Å². The molecule has 26 heavy (non-hydrogen) atoms. The summed E-state index contributed by atoms with van der Waals surface area (Å²) in [4.78, 5) is 20.1. The van der Waals surface area contributed by atoms with Crippen LogP contribution in [0.3, 0.4) is 0 Å². The van der Waals surface area contributed by atoms with Crippen LogP contribution in [0.2, 0.25) is 10.2 Å². The van der Waals surface area contributed by atoms with Crippen LogP contribution in [0, 0.1) is 6.42 Å². The quantitative estimate of drug-likeness (QED) is 0.643. The number of nitrogens with two attached hydrogens (primary N) is 1. The molecule has 0 fully saturated rings. The van der Waals surface area contributed by atoms with Gasteiger partial charge >= 0.3 is 6.18 Å². The van der Waals surface area contributed by atoms with E-state index in [-0.39, 0.29) is 44.3 Å². The SMILES string of the molecule is NC(=O)c1c([CH]C(F)(F)F)c(-c2ccc(Cl)nc2)nc2c(Cl)cccc12. The molecule has 2 aromatic heterocycles. The maximum Gasteiger partial charge on any atom is 0.396 e. The van der Waals surface area contributed by atoms with E-state index in [2.05, 4.69) is 9.97 Å². The number of pyridine rings is 2. The van der Waals surface area contributed by atoms with Crippen LogP contribution < -0.4 is 5.73 Å². The minimum Gasteiger partial charge on any atom is -0.366 e. The summed E-state index contributed by atoms with van der Waals surface area (Å²) in [5.74, 6) is -1.03. The van der Waals surface area contributed by atoms with Crippen molar-refractivity contribution in [1.29, 1.82) is 0 Å². The van der Waals surface area contributed by atoms with Gasteiger partial charge in [0.05, 0.1) is 28.2 Å². The molecule has 0 bridgehead atoms. The van der Waals surface area contributed by atoms with E-state index >= 15 is 0 Å². The lowest BCUT2D eigenvalue weighted by Gasteiger charge is -2.17. The maximum absolute atomic E-state index is 13.1. The lowest BCUT2D eigenvalue weighted by molar-refractivity contribution is -0.0927. The zero-order valence-corrected chi connectivity index (χ0v) is 14.3. The van der Waals surface area contributed by atoms with Crippen LogP contribution in [0.1, 0.15) is 15.9 Å². The Morgan fingerprint density at radius 2 is 1.88 bits per heavy atom. The number of nitrogens with zero attached hydrogens (tertiary/aromatic N) is 2. The highest BCUT2D eigenvalue weighted by Crippen LogP contribution is 2.37. The minimum absolute atomic E-state index is 0.00955. The molecule has 0 spiro atoms. The first kappa shape index (κ1) is 18.4. The molecule has 4 nitrogen and oxygen atoms in total. The Balaban J connectivity index is 2.44. The normalized spacial score (nSPS) is 11.7. The minimum atomic E-state index is -4.70. The van der Waals surface area contributed by atoms with Crippen molar-refractivity contribution >= 4 is 40.0 Å². The molecule has 3 aromatic rings. The number of primary amides is 1. The molecule has 2 N–H and O–H groups in total. The number of carbonyl (C=O) groups is 1. The Labute approximate surface area is 155 Å². The standard InChI is InChI=1S/C17H9Cl2F3N3O/c18-11-3-1-2-9-13(16(23)26)10(6-17(20,21)22)14(25-15(9)11)8-4-5-12(19)24-7-8/h1-7H,(H2,23,26). The number of rotatable bonds is 3. The number of benzene rings is 1. The summed E-state index contributed by atoms with van der Waals surface area (Å²) in [6.45, 7) is 0. The fourth-order valence-corrected chi connectivity index (χ4v) is 2.90. The summed E-state index contributed by atoms with van der Waals surface area (Å²) in [7, 11) is 0. The van der Waals surface area contributed by atoms with E-state index in [1.807, 2.05) is 0 Å². The molecule has 0 unspecified atom stereocenters. The molecule has 3 rings (SSSR count). The van der Waals surface area contributed by atoms with E-state index in [1.165, 1.54) is 36.5 Å². The van der Waals surface area contributed by atoms with Crippen molar-refractivity contribution in [1.82, 2.24) is 9.97 Å². The third kappa shape index (κ3) is 3.59. The third-order valence-corrected chi connectivity index (χ3v) is 4.09. The number of fused-ring (bicyclic) bond motifs is 1. The van der Waals surface area contributed by atoms with Crippen molar-refractivity contribution < 1.29 is 18.0 Å². The summed E-state index contributed by atoms with van der Waals surface area (Å²) in [6, 6.07) is 7.29. The smallest absolute Gasteiger partial charge is 0.366 e. The van der Waals surface area contributed by atoms with Gasteiger partial charge in [-0.25, -0.2) is 9.97 Å². The van der Waals surface area contributed by atoms with Crippen molar-refractivity contribution in [3.8, 4) is 11.3 Å². The molecular weight excluding hydrogens is 390 g/mol. The van der Waals surface area contributed by atoms with E-state index in [0.29, 0.717) is 0 Å². The first-order valence-electron chi connectivity index (χ1n) is 7.14. The van der Waals surface area contributed by atoms with Crippen molar-refractivity contribution in [2.75, 3.05) is 0 Å². The summed E-state index contributed by atoms with van der Waals surface area (Å²) in [5, 5.41) is 0.460. The molecule has 2 heterocycles. The first-order chi connectivity index (χ1) is 12.2. The van der Waals surface area contributed by atoms with Gasteiger partial charge in [0.1, 0.15) is 5.15 Å². The molecule has 0 atom stereocenters. The summed E-state index contributed by atoms with van der Waals surface area (Å²) in [5.41, 5.74) is 4.88. The van der Waals surface area contributed by atoms with E-state index in [1.54, 1.807) is 0 Å². The number of para-hydroxylation sites is 1. The van der Waals surface area contributed by atoms with Crippen LogP contribution in [-0.4, -0.2) is 22.1 Å². The van der Waals surface area contributed by atoms with E-state index < -0.39 is 17.6 Å². The van der Waals surface area contributed by atoms with Crippen molar-refractivity contribution in [3.05, 3.63) is 64.3 Å². The fraction of sp³-hybridized carbons (Fsp3) is 0.0588. The predicted octanol–water partition coefficient (Wildman–Crippen LogP) is 4.82. The van der Waals surface area contributed by atoms with E-state index in [0.717, 1.165) is 0 Å². The first-order valence-corrected chi connectivity index (χ1v) is 7.89. The summed E-state index contributed by atoms with van der Waals surface area (Å²) >= 11 is 11.9. The molecule has 0 aliphatic carbocycles. The highest BCUT2D eigenvalue weighted by Gasteiger charge is 2.34. The van der Waals surface area contributed by atoms with Crippen LogP contribution in [0.4, 0.5) is 13.2 Å². The molecule has 0 aliphatic heterocycles. The highest BCUT2D eigenvalue weighted by atomic mass is 35.5. The second-order valence-corrected chi connectivity index (χ2v) is 6.10. The second-order valence-electron chi connectivity index (χ2n) is 5.30. The van der Waals surface area contributed by atoms with Crippen LogP contribution in [0.25, 0.3) is 22.2 Å². The number of alkyl halides is 3. The van der Waals surface area contributed by atoms with Crippen LogP contribution in [-0.2, 0) is 0 Å². The van der Waals surface area contributed by atoms with Gasteiger partial charge in [-0.3, -0.25) is 4.79 Å². The van der Waals surface area contributed by atoms with Gasteiger partial charge in [-0.2, -0.15) is 13.2 Å². The fourth-order valence-electron chi connectivity index (χ4n) is 2.57. The lowest BCUT2D eigenvalue weighted by Crippen LogP contribution is -2.19. The number of aromatic nitrogens is 2. The molecule has 0 saturated carbocycles. The Bertz CT molecular complexity index is 1000. The maximum atomic E-state index is 13.1. The van der Waals surface area contributed by atoms with Gasteiger partial charge in [-0.15, -0.1) is 0 Å². The van der Waals surface area contributed by atoms with Gasteiger partial charge in [-0.1, -0.05) is 35.3 Å². The molecule has 9 heteroatoms. The van der Waals surface area contributed by atoms with Gasteiger partial charge in [0.15, 0.2) is 0 Å². The van der Waals surface area contributed by atoms with E-state index in [9.17, 15) is 18.0 Å². The largest absolute Gasteiger partial charge is 0.396 e. The number of carbonyl (C=O) groups excluding carboxylic acids is 1. The van der Waals surface area contributed by atoms with Gasteiger partial charge in [0.2, 0.25) is 5.91 Å². The zero-order valence-electron chi connectivity index (χ0n) is 12.8. The predicted molar refractivity (Wildman–Crippen MR) is 93.0 cm³/mol. The van der Waals surface area contributed by atoms with Gasteiger partial charge < -0.3 is 5.73 Å².